The first-order chi connectivity index (χ1) is 9.10. The van der Waals surface area contributed by atoms with Crippen molar-refractivity contribution in [1.29, 1.82) is 0 Å². The zero-order valence-electron chi connectivity index (χ0n) is 10.4. The van der Waals surface area contributed by atoms with Crippen LogP contribution in [0.3, 0.4) is 0 Å². The molecule has 100 valence electrons. The van der Waals surface area contributed by atoms with Crippen LogP contribution in [0.15, 0.2) is 46.9 Å². The third-order valence-electron chi connectivity index (χ3n) is 2.86. The summed E-state index contributed by atoms with van der Waals surface area (Å²) in [5.74, 6) is 0.507. The molecule has 0 radical (unpaired) electrons. The van der Waals surface area contributed by atoms with Gasteiger partial charge < -0.3 is 4.74 Å². The first-order valence-electron chi connectivity index (χ1n) is 5.82. The molecule has 0 spiro atoms. The van der Waals surface area contributed by atoms with Crippen molar-refractivity contribution >= 4 is 27.5 Å². The Morgan fingerprint density at radius 1 is 1.21 bits per heavy atom. The highest BCUT2D eigenvalue weighted by molar-refractivity contribution is 9.10. The van der Waals surface area contributed by atoms with Crippen LogP contribution >= 0.6 is 27.5 Å². The Labute approximate surface area is 125 Å². The molecule has 2 aromatic rings. The van der Waals surface area contributed by atoms with Gasteiger partial charge in [-0.15, -0.1) is 11.6 Å². The van der Waals surface area contributed by atoms with E-state index in [2.05, 4.69) is 15.9 Å². The second-order valence-electron chi connectivity index (χ2n) is 4.18. The number of rotatable bonds is 4. The lowest BCUT2D eigenvalue weighted by atomic mass is 10.0. The molecule has 0 aliphatic heterocycles. The van der Waals surface area contributed by atoms with Gasteiger partial charge in [0.25, 0.3) is 0 Å². The Bertz CT molecular complexity index is 557. The zero-order valence-corrected chi connectivity index (χ0v) is 12.7. The summed E-state index contributed by atoms with van der Waals surface area (Å²) in [6, 6.07) is 12.1. The Kier molecular flexibility index (Phi) is 4.83. The fraction of sp³-hybridized carbons (Fsp3) is 0.200. The Balaban J connectivity index is 2.19. The molecular weight excluding hydrogens is 331 g/mol. The van der Waals surface area contributed by atoms with E-state index in [9.17, 15) is 4.39 Å². The van der Waals surface area contributed by atoms with Gasteiger partial charge in [-0.2, -0.15) is 0 Å². The SMILES string of the molecule is COc1cc(Br)ccc1C(Cl)Cc1ccc(F)cc1. The lowest BCUT2D eigenvalue weighted by Crippen LogP contribution is -1.99. The molecule has 0 saturated heterocycles. The van der Waals surface area contributed by atoms with E-state index >= 15 is 0 Å². The highest BCUT2D eigenvalue weighted by Crippen LogP contribution is 2.34. The van der Waals surface area contributed by atoms with E-state index in [4.69, 9.17) is 16.3 Å². The molecule has 0 bridgehead atoms. The number of benzene rings is 2. The minimum atomic E-state index is -0.240. The maximum atomic E-state index is 12.9. The highest BCUT2D eigenvalue weighted by Gasteiger charge is 2.14. The van der Waals surface area contributed by atoms with Crippen LogP contribution in [-0.2, 0) is 6.42 Å². The Morgan fingerprint density at radius 2 is 1.89 bits per heavy atom. The second kappa shape index (κ2) is 6.40. The van der Waals surface area contributed by atoms with Gasteiger partial charge in [0.1, 0.15) is 11.6 Å². The first-order valence-corrected chi connectivity index (χ1v) is 7.05. The van der Waals surface area contributed by atoms with Crippen LogP contribution in [0.4, 0.5) is 4.39 Å². The summed E-state index contributed by atoms with van der Waals surface area (Å²) in [4.78, 5) is 0. The number of hydrogen-bond donors (Lipinski definition) is 0. The minimum Gasteiger partial charge on any atom is -0.496 e. The number of alkyl halides is 1. The molecule has 1 unspecified atom stereocenters. The molecule has 0 N–H and O–H groups in total. The quantitative estimate of drug-likeness (QED) is 0.700. The van der Waals surface area contributed by atoms with Crippen molar-refractivity contribution in [2.24, 2.45) is 0 Å². The maximum absolute atomic E-state index is 12.9. The van der Waals surface area contributed by atoms with Gasteiger partial charge >= 0.3 is 0 Å². The van der Waals surface area contributed by atoms with Gasteiger partial charge in [-0.1, -0.05) is 34.1 Å². The van der Waals surface area contributed by atoms with Crippen molar-refractivity contribution in [3.8, 4) is 5.75 Å². The number of methoxy groups -OCH3 is 1. The van der Waals surface area contributed by atoms with Gasteiger partial charge in [0.05, 0.1) is 12.5 Å². The molecule has 0 amide bonds. The smallest absolute Gasteiger partial charge is 0.124 e. The molecule has 1 nitrogen and oxygen atoms in total. The third-order valence-corrected chi connectivity index (χ3v) is 3.74. The lowest BCUT2D eigenvalue weighted by molar-refractivity contribution is 0.408. The fourth-order valence-electron chi connectivity index (χ4n) is 1.88. The molecule has 1 atom stereocenters. The normalized spacial score (nSPS) is 12.2. The molecular formula is C15H13BrClFO. The molecule has 0 fully saturated rings. The third kappa shape index (κ3) is 3.71. The number of hydrogen-bond acceptors (Lipinski definition) is 1. The summed E-state index contributed by atoms with van der Waals surface area (Å²) in [5, 5.41) is -0.214. The van der Waals surface area contributed by atoms with Gasteiger partial charge in [0, 0.05) is 10.0 Å². The average molecular weight is 344 g/mol. The van der Waals surface area contributed by atoms with E-state index < -0.39 is 0 Å². The maximum Gasteiger partial charge on any atom is 0.124 e. The van der Waals surface area contributed by atoms with Gasteiger partial charge in [-0.25, -0.2) is 4.39 Å². The number of ether oxygens (including phenoxy) is 1. The summed E-state index contributed by atoms with van der Waals surface area (Å²) in [7, 11) is 1.62. The Hall–Kier alpha value is -1.06. The summed E-state index contributed by atoms with van der Waals surface area (Å²) in [6.45, 7) is 0. The van der Waals surface area contributed by atoms with E-state index in [1.807, 2.05) is 18.2 Å². The highest BCUT2D eigenvalue weighted by atomic mass is 79.9. The zero-order chi connectivity index (χ0) is 13.8. The van der Waals surface area contributed by atoms with Crippen LogP contribution in [0.25, 0.3) is 0 Å². The van der Waals surface area contributed by atoms with Crippen LogP contribution in [-0.4, -0.2) is 7.11 Å². The van der Waals surface area contributed by atoms with Crippen LogP contribution in [0.5, 0.6) is 5.75 Å². The molecule has 0 aromatic heterocycles. The standard InChI is InChI=1S/C15H13BrClFO/c1-19-15-9-11(16)4-7-13(15)14(17)8-10-2-5-12(18)6-3-10/h2-7,9,14H,8H2,1H3. The van der Waals surface area contributed by atoms with E-state index in [1.165, 1.54) is 12.1 Å². The van der Waals surface area contributed by atoms with Gasteiger partial charge in [0.2, 0.25) is 0 Å². The van der Waals surface area contributed by atoms with Crippen molar-refractivity contribution in [3.63, 3.8) is 0 Å². The van der Waals surface area contributed by atoms with E-state index in [0.29, 0.717) is 6.42 Å². The van der Waals surface area contributed by atoms with Gasteiger partial charge in [-0.3, -0.25) is 0 Å². The second-order valence-corrected chi connectivity index (χ2v) is 5.63. The fourth-order valence-corrected chi connectivity index (χ4v) is 2.58. The van der Waals surface area contributed by atoms with Crippen LogP contribution < -0.4 is 4.74 Å². The van der Waals surface area contributed by atoms with Crippen molar-refractivity contribution in [3.05, 3.63) is 63.9 Å². The van der Waals surface area contributed by atoms with Gasteiger partial charge in [0.15, 0.2) is 0 Å². The monoisotopic (exact) mass is 342 g/mol. The Morgan fingerprint density at radius 3 is 2.53 bits per heavy atom. The van der Waals surface area contributed by atoms with E-state index in [-0.39, 0.29) is 11.2 Å². The van der Waals surface area contributed by atoms with E-state index in [1.54, 1.807) is 19.2 Å². The number of halogens is 3. The molecule has 0 saturated carbocycles. The van der Waals surface area contributed by atoms with Crippen molar-refractivity contribution in [2.45, 2.75) is 11.8 Å². The summed E-state index contributed by atoms with van der Waals surface area (Å²) < 4.78 is 19.1. The predicted molar refractivity (Wildman–Crippen MR) is 79.4 cm³/mol. The average Bonchev–Trinajstić information content (AvgIpc) is 2.41. The predicted octanol–water partition coefficient (Wildman–Crippen LogP) is 5.12. The van der Waals surface area contributed by atoms with Gasteiger partial charge in [-0.05, 0) is 36.2 Å². The topological polar surface area (TPSA) is 9.23 Å². The van der Waals surface area contributed by atoms with Crippen LogP contribution in [0.2, 0.25) is 0 Å². The minimum absolute atomic E-state index is 0.214. The van der Waals surface area contributed by atoms with Crippen LogP contribution in [0, 0.1) is 5.82 Å². The molecule has 2 aromatic carbocycles. The first kappa shape index (κ1) is 14.4. The van der Waals surface area contributed by atoms with Crippen molar-refractivity contribution in [1.82, 2.24) is 0 Å². The molecule has 0 aliphatic rings. The van der Waals surface area contributed by atoms with E-state index in [0.717, 1.165) is 21.3 Å². The molecule has 19 heavy (non-hydrogen) atoms. The molecule has 0 aliphatic carbocycles. The largest absolute Gasteiger partial charge is 0.496 e. The molecule has 4 heteroatoms. The lowest BCUT2D eigenvalue weighted by Gasteiger charge is -2.14. The van der Waals surface area contributed by atoms with Crippen molar-refractivity contribution < 1.29 is 9.13 Å². The summed E-state index contributed by atoms with van der Waals surface area (Å²) >= 11 is 9.82. The summed E-state index contributed by atoms with van der Waals surface area (Å²) in [6.07, 6.45) is 0.625. The summed E-state index contributed by atoms with van der Waals surface area (Å²) in [5.41, 5.74) is 1.92. The molecule has 2 rings (SSSR count). The van der Waals surface area contributed by atoms with Crippen molar-refractivity contribution in [2.75, 3.05) is 7.11 Å². The van der Waals surface area contributed by atoms with Crippen LogP contribution in [0.1, 0.15) is 16.5 Å². The molecule has 0 heterocycles.